The van der Waals surface area contributed by atoms with Gasteiger partial charge in [-0.1, -0.05) is 251 Å². The lowest BCUT2D eigenvalue weighted by atomic mass is 10.0. The monoisotopic (exact) mass is 871 g/mol. The lowest BCUT2D eigenvalue weighted by Crippen LogP contribution is -2.29. The van der Waals surface area contributed by atoms with E-state index in [9.17, 15) is 14.2 Å². The number of hydrogen-bond donors (Lipinski definition) is 2. The van der Waals surface area contributed by atoms with Crippen LogP contribution in [0.2, 0.25) is 0 Å². The zero-order valence-electron chi connectivity index (χ0n) is 39.6. The maximum absolute atomic E-state index is 12.5. The molecule has 0 saturated heterocycles. The number of carbonyl (C=O) groups is 2. The first kappa shape index (κ1) is 58.8. The molecule has 0 aromatic carbocycles. The maximum atomic E-state index is 12.5. The van der Waals surface area contributed by atoms with Gasteiger partial charge in [0.25, 0.3) is 0 Å². The molecule has 0 spiro atoms. The lowest BCUT2D eigenvalue weighted by molar-refractivity contribution is -0.161. The number of rotatable bonds is 49. The van der Waals surface area contributed by atoms with Crippen LogP contribution in [0, 0.1) is 0 Å². The third kappa shape index (κ3) is 49.4. The van der Waals surface area contributed by atoms with Gasteiger partial charge in [-0.05, 0) is 32.1 Å². The van der Waals surface area contributed by atoms with Crippen molar-refractivity contribution in [1.82, 2.24) is 0 Å². The molecule has 0 unspecified atom stereocenters. The van der Waals surface area contributed by atoms with E-state index >= 15 is 0 Å². The lowest BCUT2D eigenvalue weighted by Gasteiger charge is -2.18. The highest BCUT2D eigenvalue weighted by atomic mass is 31.2. The van der Waals surface area contributed by atoms with Gasteiger partial charge < -0.3 is 19.3 Å². The van der Waals surface area contributed by atoms with Gasteiger partial charge in [0, 0.05) is 12.8 Å². The Morgan fingerprint density at radius 2 is 0.717 bits per heavy atom. The fourth-order valence-corrected chi connectivity index (χ4v) is 8.27. The number of ether oxygens (including phenoxy) is 2. The topological polar surface area (TPSA) is 119 Å². The van der Waals surface area contributed by atoms with Gasteiger partial charge in [-0.2, -0.15) is 0 Å². The predicted molar refractivity (Wildman–Crippen MR) is 253 cm³/mol. The number of hydrogen-bond acceptors (Lipinski definition) is 6. The average Bonchev–Trinajstić information content (AvgIpc) is 3.22. The van der Waals surface area contributed by atoms with E-state index in [1.807, 2.05) is 0 Å². The maximum Gasteiger partial charge on any atom is 0.469 e. The van der Waals surface area contributed by atoms with Crippen LogP contribution in [0.15, 0.2) is 12.2 Å². The van der Waals surface area contributed by atoms with Crippen molar-refractivity contribution >= 4 is 19.8 Å². The summed E-state index contributed by atoms with van der Waals surface area (Å²) in [6, 6.07) is 0. The van der Waals surface area contributed by atoms with Gasteiger partial charge in [0.2, 0.25) is 0 Å². The molecule has 0 aromatic heterocycles. The van der Waals surface area contributed by atoms with Crippen LogP contribution in [-0.4, -0.2) is 41.0 Å². The molecule has 1 atom stereocenters. The summed E-state index contributed by atoms with van der Waals surface area (Å²) in [5.41, 5.74) is 0. The van der Waals surface area contributed by atoms with Gasteiger partial charge in [-0.15, -0.1) is 0 Å². The van der Waals surface area contributed by atoms with Gasteiger partial charge in [-0.3, -0.25) is 14.1 Å². The van der Waals surface area contributed by atoms with Crippen molar-refractivity contribution in [2.24, 2.45) is 0 Å². The molecule has 0 aromatic rings. The Labute approximate surface area is 371 Å². The second kappa shape index (κ2) is 47.3. The van der Waals surface area contributed by atoms with Crippen LogP contribution in [-0.2, 0) is 28.2 Å². The van der Waals surface area contributed by atoms with Crippen LogP contribution in [0.5, 0.6) is 0 Å². The van der Waals surface area contributed by atoms with Crippen LogP contribution in [0.3, 0.4) is 0 Å². The molecule has 0 aliphatic carbocycles. The zero-order chi connectivity index (χ0) is 43.9. The Hall–Kier alpha value is -1.21. The zero-order valence-corrected chi connectivity index (χ0v) is 40.5. The number of phosphoric ester groups is 1. The molecule has 0 aliphatic rings. The van der Waals surface area contributed by atoms with Crippen LogP contribution in [0.1, 0.15) is 284 Å². The number of carbonyl (C=O) groups excluding carboxylic acids is 2. The molecule has 356 valence electrons. The molecule has 0 amide bonds. The smallest absolute Gasteiger partial charge is 0.462 e. The summed E-state index contributed by atoms with van der Waals surface area (Å²) >= 11 is 0. The van der Waals surface area contributed by atoms with Gasteiger partial charge in [0.05, 0.1) is 6.61 Å². The molecule has 0 heterocycles. The van der Waals surface area contributed by atoms with E-state index in [2.05, 4.69) is 30.5 Å². The van der Waals surface area contributed by atoms with E-state index in [1.54, 1.807) is 0 Å². The van der Waals surface area contributed by atoms with Crippen LogP contribution in [0.4, 0.5) is 0 Å². The summed E-state index contributed by atoms with van der Waals surface area (Å²) < 4.78 is 26.5. The number of phosphoric acid groups is 1. The molecule has 0 aliphatic heterocycles. The van der Waals surface area contributed by atoms with Crippen molar-refractivity contribution in [2.75, 3.05) is 13.2 Å². The van der Waals surface area contributed by atoms with E-state index in [0.717, 1.165) is 32.1 Å². The van der Waals surface area contributed by atoms with E-state index in [0.29, 0.717) is 12.8 Å². The summed E-state index contributed by atoms with van der Waals surface area (Å²) in [4.78, 5) is 43.1. The van der Waals surface area contributed by atoms with Gasteiger partial charge in [0.1, 0.15) is 6.61 Å². The third-order valence-corrected chi connectivity index (χ3v) is 12.3. The molecular weight excluding hydrogens is 772 g/mol. The highest BCUT2D eigenvalue weighted by Gasteiger charge is 2.23. The number of esters is 2. The third-order valence-electron chi connectivity index (χ3n) is 11.8. The minimum atomic E-state index is -4.76. The summed E-state index contributed by atoms with van der Waals surface area (Å²) in [5.74, 6) is -0.903. The van der Waals surface area contributed by atoms with E-state index in [-0.39, 0.29) is 19.4 Å². The molecule has 0 saturated carbocycles. The van der Waals surface area contributed by atoms with E-state index in [4.69, 9.17) is 19.3 Å². The molecule has 0 fully saturated rings. The quantitative estimate of drug-likeness (QED) is 0.0268. The van der Waals surface area contributed by atoms with Crippen molar-refractivity contribution in [3.63, 3.8) is 0 Å². The number of unbranched alkanes of at least 4 members (excludes halogenated alkanes) is 37. The first-order valence-electron chi connectivity index (χ1n) is 26.0. The largest absolute Gasteiger partial charge is 0.469 e. The Kier molecular flexibility index (Phi) is 46.3. The molecule has 2 N–H and O–H groups in total. The summed E-state index contributed by atoms with van der Waals surface area (Å²) in [5, 5.41) is 0. The standard InChI is InChI=1S/C51H99O8P/c1-3-5-7-9-11-13-15-17-19-21-23-24-25-26-28-29-31-33-35-37-39-41-43-45-50(52)57-47-49(48-58-60(54,55)56)59-51(53)46-44-42-40-38-36-34-32-30-27-22-20-18-16-14-12-10-8-6-4-2/h37,39,49H,3-36,38,40-48H2,1-2H3,(H2,54,55,56)/b39-37+/t49-/m1/s1. The Morgan fingerprint density at radius 1 is 0.417 bits per heavy atom. The van der Waals surface area contributed by atoms with Crippen LogP contribution in [0.25, 0.3) is 0 Å². The highest BCUT2D eigenvalue weighted by Crippen LogP contribution is 2.36. The molecular formula is C51H99O8P. The average molecular weight is 871 g/mol. The minimum Gasteiger partial charge on any atom is -0.462 e. The predicted octanol–water partition coefficient (Wildman–Crippen LogP) is 16.5. The SMILES string of the molecule is CCCCCCCCCCCCCCCCCCCC/C=C/CCCC(=O)OC[C@H](COP(=O)(O)O)OC(=O)CCCCCCCCCCCCCCCCCCCCC. The summed E-state index contributed by atoms with van der Waals surface area (Å²) in [6.07, 6.45) is 55.3. The van der Waals surface area contributed by atoms with Crippen molar-refractivity contribution in [3.05, 3.63) is 12.2 Å². The molecule has 8 nitrogen and oxygen atoms in total. The van der Waals surface area contributed by atoms with Crippen molar-refractivity contribution in [1.29, 1.82) is 0 Å². The Balaban J connectivity index is 3.79. The van der Waals surface area contributed by atoms with E-state index in [1.165, 1.54) is 212 Å². The van der Waals surface area contributed by atoms with Gasteiger partial charge in [0.15, 0.2) is 6.10 Å². The molecule has 0 rings (SSSR count). The van der Waals surface area contributed by atoms with Gasteiger partial charge in [-0.25, -0.2) is 4.57 Å². The molecule has 0 bridgehead atoms. The van der Waals surface area contributed by atoms with Crippen molar-refractivity contribution in [3.8, 4) is 0 Å². The Morgan fingerprint density at radius 3 is 1.07 bits per heavy atom. The van der Waals surface area contributed by atoms with E-state index < -0.39 is 32.5 Å². The van der Waals surface area contributed by atoms with Crippen molar-refractivity contribution < 1.29 is 37.9 Å². The first-order valence-corrected chi connectivity index (χ1v) is 27.5. The fourth-order valence-electron chi connectivity index (χ4n) is 7.91. The second-order valence-corrected chi connectivity index (χ2v) is 19.1. The number of allylic oxidation sites excluding steroid dienone is 2. The molecule has 60 heavy (non-hydrogen) atoms. The summed E-state index contributed by atoms with van der Waals surface area (Å²) in [7, 11) is -4.76. The van der Waals surface area contributed by atoms with Crippen LogP contribution < -0.4 is 0 Å². The summed E-state index contributed by atoms with van der Waals surface area (Å²) in [6.45, 7) is 3.72. The molecule has 0 radical (unpaired) electrons. The second-order valence-electron chi connectivity index (χ2n) is 17.9. The minimum absolute atomic E-state index is 0.213. The van der Waals surface area contributed by atoms with Crippen LogP contribution >= 0.6 is 7.82 Å². The molecule has 9 heteroatoms. The highest BCUT2D eigenvalue weighted by molar-refractivity contribution is 7.46. The van der Waals surface area contributed by atoms with Gasteiger partial charge >= 0.3 is 19.8 Å². The fraction of sp³-hybridized carbons (Fsp3) is 0.922. The normalized spacial score (nSPS) is 12.4. The first-order chi connectivity index (χ1) is 29.3. The Bertz CT molecular complexity index is 982. The van der Waals surface area contributed by atoms with Crippen molar-refractivity contribution in [2.45, 2.75) is 290 Å².